The van der Waals surface area contributed by atoms with Crippen LogP contribution < -0.4 is 4.90 Å². The van der Waals surface area contributed by atoms with E-state index in [4.69, 9.17) is 14.7 Å². The number of aromatic nitrogens is 3. The number of anilines is 1. The van der Waals surface area contributed by atoms with Gasteiger partial charge in [-0.05, 0) is 39.2 Å². The number of fused-ring (bicyclic) bond motifs is 5. The molecular weight excluding hydrogens is 400 g/mol. The van der Waals surface area contributed by atoms with Crippen molar-refractivity contribution in [2.75, 3.05) is 23.7 Å². The predicted molar refractivity (Wildman–Crippen MR) is 122 cm³/mol. The van der Waals surface area contributed by atoms with Gasteiger partial charge in [0.1, 0.15) is 22.0 Å². The van der Waals surface area contributed by atoms with E-state index in [0.29, 0.717) is 6.61 Å². The first-order valence-electron chi connectivity index (χ1n) is 10.2. The fourth-order valence-corrected chi connectivity index (χ4v) is 6.33. The maximum Gasteiger partial charge on any atom is 0.136 e. The largest absolute Gasteiger partial charge is 0.370 e. The molecule has 1 saturated heterocycles. The van der Waals surface area contributed by atoms with E-state index < -0.39 is 0 Å². The molecule has 1 fully saturated rings. The monoisotopic (exact) mass is 426 g/mol. The van der Waals surface area contributed by atoms with Gasteiger partial charge in [0.2, 0.25) is 0 Å². The molecule has 5 rings (SSSR count). The molecule has 2 aliphatic rings. The highest BCUT2D eigenvalue weighted by atomic mass is 32.2. The lowest BCUT2D eigenvalue weighted by Gasteiger charge is -2.34. The van der Waals surface area contributed by atoms with E-state index in [1.807, 2.05) is 0 Å². The summed E-state index contributed by atoms with van der Waals surface area (Å²) in [5, 5.41) is 2.24. The van der Waals surface area contributed by atoms with Crippen molar-refractivity contribution in [2.24, 2.45) is 0 Å². The van der Waals surface area contributed by atoms with Gasteiger partial charge in [-0.2, -0.15) is 0 Å². The van der Waals surface area contributed by atoms with Crippen LogP contribution in [0.15, 0.2) is 23.5 Å². The number of hydrogen-bond acceptors (Lipinski definition) is 7. The van der Waals surface area contributed by atoms with Crippen LogP contribution in [-0.2, 0) is 17.8 Å². The molecule has 3 aromatic rings. The van der Waals surface area contributed by atoms with Crippen LogP contribution in [0.4, 0.5) is 5.82 Å². The van der Waals surface area contributed by atoms with Crippen molar-refractivity contribution in [1.82, 2.24) is 15.0 Å². The fourth-order valence-electron chi connectivity index (χ4n) is 4.25. The Morgan fingerprint density at radius 3 is 2.83 bits per heavy atom. The van der Waals surface area contributed by atoms with Gasteiger partial charge in [0.15, 0.2) is 0 Å². The van der Waals surface area contributed by atoms with Crippen LogP contribution in [0.1, 0.15) is 44.7 Å². The molecule has 0 saturated carbocycles. The fraction of sp³-hybridized carbons (Fsp3) is 0.500. The summed E-state index contributed by atoms with van der Waals surface area (Å²) in [6, 6.07) is 0. The molecule has 152 valence electrons. The Morgan fingerprint density at radius 1 is 1.28 bits per heavy atom. The number of hydrogen-bond donors (Lipinski definition) is 0. The van der Waals surface area contributed by atoms with Crippen molar-refractivity contribution < 1.29 is 4.74 Å². The second-order valence-electron chi connectivity index (χ2n) is 8.70. The van der Waals surface area contributed by atoms with E-state index in [-0.39, 0.29) is 5.60 Å². The van der Waals surface area contributed by atoms with Gasteiger partial charge in [-0.25, -0.2) is 15.0 Å². The van der Waals surface area contributed by atoms with Gasteiger partial charge in [0.05, 0.1) is 22.4 Å². The summed E-state index contributed by atoms with van der Waals surface area (Å²) in [6.45, 7) is 13.2. The van der Waals surface area contributed by atoms with Crippen LogP contribution in [-0.4, -0.2) is 39.4 Å². The average Bonchev–Trinajstić information content (AvgIpc) is 3.32. The first-order chi connectivity index (χ1) is 13.9. The minimum atomic E-state index is -0.178. The number of nitrogens with zero attached hydrogens (tertiary/aromatic N) is 4. The summed E-state index contributed by atoms with van der Waals surface area (Å²) in [4.78, 5) is 18.0. The molecule has 5 heterocycles. The van der Waals surface area contributed by atoms with E-state index in [0.717, 1.165) is 56.7 Å². The van der Waals surface area contributed by atoms with E-state index in [1.165, 1.54) is 29.4 Å². The summed E-state index contributed by atoms with van der Waals surface area (Å²) in [7, 11) is 0. The van der Waals surface area contributed by atoms with Crippen LogP contribution in [0.2, 0.25) is 0 Å². The van der Waals surface area contributed by atoms with E-state index >= 15 is 0 Å². The van der Waals surface area contributed by atoms with Gasteiger partial charge in [0, 0.05) is 36.2 Å². The summed E-state index contributed by atoms with van der Waals surface area (Å²) < 4.78 is 7.35. The smallest absolute Gasteiger partial charge is 0.136 e. The Labute approximate surface area is 179 Å². The highest BCUT2D eigenvalue weighted by Crippen LogP contribution is 2.44. The topological polar surface area (TPSA) is 51.1 Å². The first kappa shape index (κ1) is 19.3. The number of rotatable bonds is 4. The minimum Gasteiger partial charge on any atom is -0.370 e. The number of thiophene rings is 1. The van der Waals surface area contributed by atoms with Crippen molar-refractivity contribution in [3.63, 3.8) is 0 Å². The number of ether oxygens (including phenoxy) is 1. The lowest BCUT2D eigenvalue weighted by Crippen LogP contribution is -2.33. The molecule has 0 N–H and O–H groups in total. The van der Waals surface area contributed by atoms with Crippen molar-refractivity contribution in [2.45, 2.75) is 57.3 Å². The average molecular weight is 427 g/mol. The molecule has 5 nitrogen and oxygen atoms in total. The van der Waals surface area contributed by atoms with E-state index in [2.05, 4.69) is 37.2 Å². The van der Waals surface area contributed by atoms with Gasteiger partial charge in [-0.15, -0.1) is 23.1 Å². The third kappa shape index (κ3) is 3.43. The maximum atomic E-state index is 6.21. The van der Waals surface area contributed by atoms with Gasteiger partial charge < -0.3 is 9.64 Å². The lowest BCUT2D eigenvalue weighted by molar-refractivity contribution is -0.0395. The Balaban J connectivity index is 1.75. The van der Waals surface area contributed by atoms with Gasteiger partial charge >= 0.3 is 0 Å². The first-order valence-corrected chi connectivity index (χ1v) is 12.0. The summed E-state index contributed by atoms with van der Waals surface area (Å²) >= 11 is 3.47. The molecular formula is C22H26N4OS2. The van der Waals surface area contributed by atoms with Crippen molar-refractivity contribution in [3.05, 3.63) is 29.6 Å². The van der Waals surface area contributed by atoms with Gasteiger partial charge in [-0.1, -0.05) is 12.2 Å². The van der Waals surface area contributed by atoms with Crippen LogP contribution in [0.3, 0.4) is 0 Å². The Morgan fingerprint density at radius 2 is 2.07 bits per heavy atom. The summed E-state index contributed by atoms with van der Waals surface area (Å²) in [5.74, 6) is 1.99. The zero-order valence-electron chi connectivity index (χ0n) is 17.2. The minimum absolute atomic E-state index is 0.178. The molecule has 0 spiro atoms. The Kier molecular flexibility index (Phi) is 4.80. The van der Waals surface area contributed by atoms with Crippen LogP contribution in [0.25, 0.3) is 20.4 Å². The van der Waals surface area contributed by atoms with Crippen molar-refractivity contribution in [1.29, 1.82) is 0 Å². The van der Waals surface area contributed by atoms with Gasteiger partial charge in [0.25, 0.3) is 0 Å². The Hall–Kier alpha value is -1.70. The summed E-state index contributed by atoms with van der Waals surface area (Å²) in [5.41, 5.74) is 4.64. The van der Waals surface area contributed by atoms with E-state index in [1.54, 1.807) is 29.4 Å². The second kappa shape index (κ2) is 7.22. The number of pyridine rings is 1. The third-order valence-electron chi connectivity index (χ3n) is 5.63. The predicted octanol–water partition coefficient (Wildman–Crippen LogP) is 5.36. The molecule has 0 amide bonds. The normalized spacial score (nSPS) is 18.5. The SMILES string of the molecule is C=C(C)CSc1ncnc2c1sc1nc(N3CCCC3)c3c(c12)CC(C)(C)OC3. The Bertz CT molecular complexity index is 1120. The highest BCUT2D eigenvalue weighted by Gasteiger charge is 2.33. The van der Waals surface area contributed by atoms with Crippen molar-refractivity contribution >= 4 is 49.3 Å². The van der Waals surface area contributed by atoms with E-state index in [9.17, 15) is 0 Å². The molecule has 0 radical (unpaired) electrons. The van der Waals surface area contributed by atoms with Crippen molar-refractivity contribution in [3.8, 4) is 0 Å². The summed E-state index contributed by atoms with van der Waals surface area (Å²) in [6.07, 6.45) is 5.05. The second-order valence-corrected chi connectivity index (χ2v) is 10.7. The maximum absolute atomic E-state index is 6.21. The quantitative estimate of drug-likeness (QED) is 0.318. The molecule has 0 aromatic carbocycles. The van der Waals surface area contributed by atoms with Gasteiger partial charge in [-0.3, -0.25) is 0 Å². The third-order valence-corrected chi connectivity index (χ3v) is 8.06. The van der Waals surface area contributed by atoms with Crippen LogP contribution >= 0.6 is 23.1 Å². The zero-order valence-corrected chi connectivity index (χ0v) is 18.9. The molecule has 29 heavy (non-hydrogen) atoms. The molecule has 0 unspecified atom stereocenters. The molecule has 3 aromatic heterocycles. The number of thioether (sulfide) groups is 1. The molecule has 0 atom stereocenters. The van der Waals surface area contributed by atoms with Crippen LogP contribution in [0, 0.1) is 0 Å². The molecule has 0 bridgehead atoms. The highest BCUT2D eigenvalue weighted by molar-refractivity contribution is 7.99. The standard InChI is InChI=1S/C22H26N4OS2/c1-13(2)11-28-21-18-17(23-12-24-21)16-14-9-22(3,4)27-10-15(14)19(25-20(16)29-18)26-7-5-6-8-26/h12H,1,5-11H2,2-4H3. The zero-order chi connectivity index (χ0) is 20.2. The lowest BCUT2D eigenvalue weighted by atomic mass is 9.90. The van der Waals surface area contributed by atoms with Crippen LogP contribution in [0.5, 0.6) is 0 Å². The molecule has 0 aliphatic carbocycles. The molecule has 2 aliphatic heterocycles. The molecule has 7 heteroatoms.